The third-order valence-corrected chi connectivity index (χ3v) is 2.49. The minimum Gasteiger partial charge on any atom is -0.393 e. The van der Waals surface area contributed by atoms with Gasteiger partial charge in [-0.2, -0.15) is 0 Å². The van der Waals surface area contributed by atoms with Crippen LogP contribution in [0.5, 0.6) is 0 Å². The average Bonchev–Trinajstić information content (AvgIpc) is 2.15. The number of nitro groups is 1. The van der Waals surface area contributed by atoms with Gasteiger partial charge < -0.3 is 5.11 Å². The molecule has 0 radical (unpaired) electrons. The van der Waals surface area contributed by atoms with Crippen molar-refractivity contribution in [3.8, 4) is 0 Å². The maximum atomic E-state index is 10.9. The Kier molecular flexibility index (Phi) is 3.36. The monoisotopic (exact) mass is 210 g/mol. The Bertz CT molecular complexity index is 377. The fourth-order valence-electron chi connectivity index (χ4n) is 1.37. The summed E-state index contributed by atoms with van der Waals surface area (Å²) in [4.78, 5) is 14.4. The molecule has 5 heteroatoms. The van der Waals surface area contributed by atoms with E-state index in [1.54, 1.807) is 26.8 Å². The van der Waals surface area contributed by atoms with Crippen LogP contribution in [0.25, 0.3) is 0 Å². The summed E-state index contributed by atoms with van der Waals surface area (Å²) in [5.74, 6) is -0.342. The van der Waals surface area contributed by atoms with Gasteiger partial charge in [-0.15, -0.1) is 0 Å². The van der Waals surface area contributed by atoms with Crippen molar-refractivity contribution < 1.29 is 10.0 Å². The van der Waals surface area contributed by atoms with Crippen molar-refractivity contribution in [1.29, 1.82) is 0 Å². The van der Waals surface area contributed by atoms with Gasteiger partial charge in [0.05, 0.1) is 11.0 Å². The van der Waals surface area contributed by atoms with Crippen LogP contribution in [0.1, 0.15) is 31.0 Å². The number of rotatable bonds is 3. The molecule has 0 saturated heterocycles. The van der Waals surface area contributed by atoms with Crippen molar-refractivity contribution in [1.82, 2.24) is 4.98 Å². The first-order valence-corrected chi connectivity index (χ1v) is 4.73. The summed E-state index contributed by atoms with van der Waals surface area (Å²) in [6.07, 6.45) is 0.870. The van der Waals surface area contributed by atoms with Crippen LogP contribution in [-0.2, 0) is 0 Å². The highest BCUT2D eigenvalue weighted by Crippen LogP contribution is 2.29. The van der Waals surface area contributed by atoms with Crippen LogP contribution in [0.2, 0.25) is 0 Å². The molecule has 0 amide bonds. The Labute approximate surface area is 87.9 Å². The van der Waals surface area contributed by atoms with E-state index in [9.17, 15) is 15.2 Å². The molecule has 15 heavy (non-hydrogen) atoms. The van der Waals surface area contributed by atoms with Gasteiger partial charge in [0, 0.05) is 17.7 Å². The highest BCUT2D eigenvalue weighted by molar-refractivity contribution is 5.44. The van der Waals surface area contributed by atoms with E-state index in [0.717, 1.165) is 0 Å². The normalized spacial score (nSPS) is 14.7. The van der Waals surface area contributed by atoms with Crippen molar-refractivity contribution in [2.24, 2.45) is 0 Å². The van der Waals surface area contributed by atoms with E-state index >= 15 is 0 Å². The molecule has 2 unspecified atom stereocenters. The molecule has 5 nitrogen and oxygen atoms in total. The van der Waals surface area contributed by atoms with E-state index in [-0.39, 0.29) is 11.6 Å². The van der Waals surface area contributed by atoms with Crippen LogP contribution in [0.4, 0.5) is 5.69 Å². The fraction of sp³-hybridized carbons (Fsp3) is 0.500. The van der Waals surface area contributed by atoms with E-state index < -0.39 is 11.0 Å². The van der Waals surface area contributed by atoms with Gasteiger partial charge in [0.15, 0.2) is 0 Å². The first kappa shape index (κ1) is 11.6. The number of aliphatic hydroxyl groups is 1. The number of aryl methyl sites for hydroxylation is 1. The topological polar surface area (TPSA) is 76.3 Å². The lowest BCUT2D eigenvalue weighted by Crippen LogP contribution is -2.14. The summed E-state index contributed by atoms with van der Waals surface area (Å²) >= 11 is 0. The van der Waals surface area contributed by atoms with Crippen LogP contribution >= 0.6 is 0 Å². The van der Waals surface area contributed by atoms with E-state index in [1.807, 2.05) is 0 Å². The van der Waals surface area contributed by atoms with Crippen molar-refractivity contribution in [3.63, 3.8) is 0 Å². The van der Waals surface area contributed by atoms with Crippen molar-refractivity contribution in [2.45, 2.75) is 32.8 Å². The smallest absolute Gasteiger partial charge is 0.293 e. The first-order chi connectivity index (χ1) is 6.95. The second kappa shape index (κ2) is 4.35. The van der Waals surface area contributed by atoms with Crippen molar-refractivity contribution in [2.75, 3.05) is 0 Å². The zero-order valence-electron chi connectivity index (χ0n) is 8.97. The quantitative estimate of drug-likeness (QED) is 0.609. The van der Waals surface area contributed by atoms with Gasteiger partial charge in [0.1, 0.15) is 5.69 Å². The van der Waals surface area contributed by atoms with Crippen LogP contribution in [0, 0.1) is 17.0 Å². The molecule has 1 aromatic rings. The molecule has 0 aliphatic carbocycles. The molecule has 1 N–H and O–H groups in total. The molecule has 1 rings (SSSR count). The highest BCUT2D eigenvalue weighted by atomic mass is 16.6. The third-order valence-electron chi connectivity index (χ3n) is 2.49. The molecule has 2 atom stereocenters. The van der Waals surface area contributed by atoms with Gasteiger partial charge in [0.25, 0.3) is 5.69 Å². The molecule has 82 valence electrons. The molecular formula is C10H14N2O3. The maximum absolute atomic E-state index is 10.9. The zero-order chi connectivity index (χ0) is 11.6. The fourth-order valence-corrected chi connectivity index (χ4v) is 1.37. The lowest BCUT2D eigenvalue weighted by atomic mass is 9.98. The highest BCUT2D eigenvalue weighted by Gasteiger charge is 2.25. The number of aromatic nitrogens is 1. The Morgan fingerprint density at radius 1 is 1.53 bits per heavy atom. The largest absolute Gasteiger partial charge is 0.393 e. The summed E-state index contributed by atoms with van der Waals surface area (Å²) in [5, 5.41) is 20.3. The van der Waals surface area contributed by atoms with Crippen molar-refractivity contribution in [3.05, 3.63) is 33.6 Å². The molecule has 1 heterocycles. The number of hydrogen-bond acceptors (Lipinski definition) is 4. The lowest BCUT2D eigenvalue weighted by molar-refractivity contribution is -0.386. The van der Waals surface area contributed by atoms with Gasteiger partial charge in [-0.05, 0) is 19.9 Å². The van der Waals surface area contributed by atoms with Gasteiger partial charge in [-0.3, -0.25) is 15.1 Å². The SMILES string of the molecule is Cc1ccnc(C(C)C(C)O)c1[N+](=O)[O-]. The van der Waals surface area contributed by atoms with Crippen LogP contribution in [0.3, 0.4) is 0 Å². The molecule has 0 bridgehead atoms. The van der Waals surface area contributed by atoms with Gasteiger partial charge in [-0.25, -0.2) is 0 Å². The summed E-state index contributed by atoms with van der Waals surface area (Å²) in [5.41, 5.74) is 0.915. The molecule has 0 fully saturated rings. The number of hydrogen-bond donors (Lipinski definition) is 1. The molecule has 0 aliphatic heterocycles. The Balaban J connectivity index is 3.29. The van der Waals surface area contributed by atoms with Gasteiger partial charge in [0.2, 0.25) is 0 Å². The second-order valence-electron chi connectivity index (χ2n) is 3.65. The second-order valence-corrected chi connectivity index (χ2v) is 3.65. The van der Waals surface area contributed by atoms with Crippen LogP contribution in [-0.4, -0.2) is 21.1 Å². The summed E-state index contributed by atoms with van der Waals surface area (Å²) in [6.45, 7) is 4.98. The van der Waals surface area contributed by atoms with E-state index in [2.05, 4.69) is 4.98 Å². The third kappa shape index (κ3) is 2.30. The van der Waals surface area contributed by atoms with Crippen LogP contribution in [0.15, 0.2) is 12.3 Å². The zero-order valence-corrected chi connectivity index (χ0v) is 8.97. The molecule has 1 aromatic heterocycles. The van der Waals surface area contributed by atoms with E-state index in [4.69, 9.17) is 0 Å². The first-order valence-electron chi connectivity index (χ1n) is 4.73. The molecule has 0 aliphatic rings. The summed E-state index contributed by atoms with van der Waals surface area (Å²) in [6, 6.07) is 1.59. The minimum absolute atomic E-state index is 0.00546. The minimum atomic E-state index is -0.655. The Hall–Kier alpha value is -1.49. The van der Waals surface area contributed by atoms with Gasteiger partial charge in [-0.1, -0.05) is 6.92 Å². The predicted octanol–water partition coefficient (Wildman–Crippen LogP) is 1.78. The number of aliphatic hydroxyl groups excluding tert-OH is 1. The summed E-state index contributed by atoms with van der Waals surface area (Å²) < 4.78 is 0. The number of pyridine rings is 1. The average molecular weight is 210 g/mol. The lowest BCUT2D eigenvalue weighted by Gasteiger charge is -2.14. The molecule has 0 aromatic carbocycles. The van der Waals surface area contributed by atoms with Crippen LogP contribution < -0.4 is 0 Å². The van der Waals surface area contributed by atoms with E-state index in [0.29, 0.717) is 11.3 Å². The Morgan fingerprint density at radius 3 is 2.60 bits per heavy atom. The Morgan fingerprint density at radius 2 is 2.13 bits per heavy atom. The maximum Gasteiger partial charge on any atom is 0.293 e. The van der Waals surface area contributed by atoms with Gasteiger partial charge >= 0.3 is 0 Å². The molecule has 0 spiro atoms. The standard InChI is InChI=1S/C10H14N2O3/c1-6-4-5-11-9(7(2)8(3)13)10(6)12(14)15/h4-5,7-8,13H,1-3H3. The predicted molar refractivity (Wildman–Crippen MR) is 55.7 cm³/mol. The number of nitrogens with zero attached hydrogens (tertiary/aromatic N) is 2. The molecular weight excluding hydrogens is 196 g/mol. The molecule has 0 saturated carbocycles. The van der Waals surface area contributed by atoms with E-state index in [1.165, 1.54) is 6.20 Å². The van der Waals surface area contributed by atoms with Crippen molar-refractivity contribution >= 4 is 5.69 Å². The summed E-state index contributed by atoms with van der Waals surface area (Å²) in [7, 11) is 0.